The van der Waals surface area contributed by atoms with Crippen LogP contribution in [0.4, 0.5) is 0 Å². The molecule has 2 aromatic carbocycles. The molecular formula is C19H19N. The second-order valence-electron chi connectivity index (χ2n) is 5.17. The summed E-state index contributed by atoms with van der Waals surface area (Å²) in [4.78, 5) is 0. The van der Waals surface area contributed by atoms with E-state index in [9.17, 15) is 0 Å². The van der Waals surface area contributed by atoms with Crippen molar-refractivity contribution >= 4 is 0 Å². The Balaban J connectivity index is 1.99. The third kappa shape index (κ3) is 2.27. The van der Waals surface area contributed by atoms with Gasteiger partial charge in [-0.3, -0.25) is 0 Å². The van der Waals surface area contributed by atoms with Crippen LogP contribution in [-0.2, 0) is 0 Å². The lowest BCUT2D eigenvalue weighted by molar-refractivity contribution is 0.627. The normalized spacial score (nSPS) is 12.3. The minimum atomic E-state index is 0.355. The number of benzene rings is 2. The summed E-state index contributed by atoms with van der Waals surface area (Å²) >= 11 is 0. The van der Waals surface area contributed by atoms with E-state index in [1.165, 1.54) is 22.4 Å². The first kappa shape index (κ1) is 12.7. The summed E-state index contributed by atoms with van der Waals surface area (Å²) in [6.45, 7) is 4.44. The van der Waals surface area contributed by atoms with Gasteiger partial charge in [0.25, 0.3) is 0 Å². The van der Waals surface area contributed by atoms with Crippen molar-refractivity contribution in [2.45, 2.75) is 19.9 Å². The van der Waals surface area contributed by atoms with Gasteiger partial charge in [-0.1, -0.05) is 60.7 Å². The second kappa shape index (κ2) is 5.38. The lowest BCUT2D eigenvalue weighted by Crippen LogP contribution is -2.07. The van der Waals surface area contributed by atoms with E-state index in [2.05, 4.69) is 91.3 Å². The van der Waals surface area contributed by atoms with Crippen molar-refractivity contribution in [2.24, 2.45) is 0 Å². The van der Waals surface area contributed by atoms with Crippen molar-refractivity contribution in [3.63, 3.8) is 0 Å². The van der Waals surface area contributed by atoms with Gasteiger partial charge in [-0.05, 0) is 31.0 Å². The summed E-state index contributed by atoms with van der Waals surface area (Å²) in [6, 6.07) is 23.8. The van der Waals surface area contributed by atoms with Gasteiger partial charge in [0, 0.05) is 17.5 Å². The van der Waals surface area contributed by atoms with Crippen molar-refractivity contribution in [3.05, 3.63) is 84.2 Å². The Kier molecular flexibility index (Phi) is 3.42. The summed E-state index contributed by atoms with van der Waals surface area (Å²) in [5.74, 6) is 0. The fraction of sp³-hybridized carbons (Fsp3) is 0.158. The lowest BCUT2D eigenvalue weighted by atomic mass is 10.1. The molecule has 0 aliphatic carbocycles. The molecule has 3 aromatic rings. The van der Waals surface area contributed by atoms with Crippen LogP contribution in [-0.4, -0.2) is 4.57 Å². The quantitative estimate of drug-likeness (QED) is 0.620. The predicted octanol–water partition coefficient (Wildman–Crippen LogP) is 5.07. The lowest BCUT2D eigenvalue weighted by Gasteiger charge is -2.17. The van der Waals surface area contributed by atoms with Crippen molar-refractivity contribution < 1.29 is 0 Å². The Morgan fingerprint density at radius 2 is 1.40 bits per heavy atom. The SMILES string of the molecule is Cc1c(-c2ccccc2)ccn1[C@H](C)c1ccccc1. The van der Waals surface area contributed by atoms with Gasteiger partial charge in [-0.25, -0.2) is 0 Å². The number of nitrogens with zero attached hydrogens (tertiary/aromatic N) is 1. The van der Waals surface area contributed by atoms with E-state index < -0.39 is 0 Å². The molecule has 0 fully saturated rings. The molecule has 0 N–H and O–H groups in total. The van der Waals surface area contributed by atoms with Gasteiger partial charge < -0.3 is 4.57 Å². The number of hydrogen-bond acceptors (Lipinski definition) is 0. The van der Waals surface area contributed by atoms with Crippen LogP contribution >= 0.6 is 0 Å². The van der Waals surface area contributed by atoms with Crippen LogP contribution < -0.4 is 0 Å². The van der Waals surface area contributed by atoms with E-state index in [-0.39, 0.29) is 0 Å². The molecule has 0 aliphatic rings. The van der Waals surface area contributed by atoms with Gasteiger partial charge in [0.05, 0.1) is 6.04 Å². The Hall–Kier alpha value is -2.28. The molecule has 100 valence electrons. The van der Waals surface area contributed by atoms with Crippen LogP contribution in [0.15, 0.2) is 72.9 Å². The van der Waals surface area contributed by atoms with Gasteiger partial charge in [0.15, 0.2) is 0 Å². The van der Waals surface area contributed by atoms with E-state index in [1.807, 2.05) is 0 Å². The van der Waals surface area contributed by atoms with Crippen LogP contribution in [0.2, 0.25) is 0 Å². The van der Waals surface area contributed by atoms with Crippen LogP contribution in [0.5, 0.6) is 0 Å². The summed E-state index contributed by atoms with van der Waals surface area (Å²) in [5, 5.41) is 0. The maximum Gasteiger partial charge on any atom is 0.0554 e. The highest BCUT2D eigenvalue weighted by Gasteiger charge is 2.12. The third-order valence-corrected chi connectivity index (χ3v) is 3.96. The van der Waals surface area contributed by atoms with Crippen molar-refractivity contribution in [1.29, 1.82) is 0 Å². The van der Waals surface area contributed by atoms with Crippen molar-refractivity contribution in [2.75, 3.05) is 0 Å². The summed E-state index contributed by atoms with van der Waals surface area (Å²) in [7, 11) is 0. The topological polar surface area (TPSA) is 4.93 Å². The van der Waals surface area contributed by atoms with E-state index in [0.29, 0.717) is 6.04 Å². The van der Waals surface area contributed by atoms with E-state index in [0.717, 1.165) is 0 Å². The predicted molar refractivity (Wildman–Crippen MR) is 84.9 cm³/mol. The maximum absolute atomic E-state index is 2.34. The van der Waals surface area contributed by atoms with E-state index in [1.54, 1.807) is 0 Å². The van der Waals surface area contributed by atoms with Gasteiger partial charge >= 0.3 is 0 Å². The average molecular weight is 261 g/mol. The Labute approximate surface area is 120 Å². The molecule has 1 nitrogen and oxygen atoms in total. The first-order valence-electron chi connectivity index (χ1n) is 7.05. The zero-order valence-corrected chi connectivity index (χ0v) is 12.0. The largest absolute Gasteiger partial charge is 0.344 e. The van der Waals surface area contributed by atoms with Gasteiger partial charge in [-0.15, -0.1) is 0 Å². The first-order valence-corrected chi connectivity index (χ1v) is 7.05. The zero-order chi connectivity index (χ0) is 13.9. The molecular weight excluding hydrogens is 242 g/mol. The Bertz CT molecular complexity index is 680. The van der Waals surface area contributed by atoms with Crippen molar-refractivity contribution in [3.8, 4) is 11.1 Å². The standard InChI is InChI=1S/C19H19N/c1-15(17-9-5-3-6-10-17)20-14-13-19(16(20)2)18-11-7-4-8-12-18/h3-15H,1-2H3/t15-/m1/s1. The van der Waals surface area contributed by atoms with Crippen molar-refractivity contribution in [1.82, 2.24) is 4.57 Å². The molecule has 1 atom stereocenters. The fourth-order valence-electron chi connectivity index (χ4n) is 2.76. The number of aromatic nitrogens is 1. The molecule has 0 bridgehead atoms. The number of hydrogen-bond donors (Lipinski definition) is 0. The summed E-state index contributed by atoms with van der Waals surface area (Å²) in [5.41, 5.74) is 5.25. The van der Waals surface area contributed by atoms with Gasteiger partial charge in [0.1, 0.15) is 0 Å². The monoisotopic (exact) mass is 261 g/mol. The molecule has 0 amide bonds. The molecule has 3 rings (SSSR count). The molecule has 0 saturated carbocycles. The maximum atomic E-state index is 2.34. The minimum Gasteiger partial charge on any atom is -0.344 e. The zero-order valence-electron chi connectivity index (χ0n) is 12.0. The smallest absolute Gasteiger partial charge is 0.0554 e. The molecule has 0 saturated heterocycles. The van der Waals surface area contributed by atoms with Crippen LogP contribution in [0, 0.1) is 6.92 Å². The highest BCUT2D eigenvalue weighted by Crippen LogP contribution is 2.28. The van der Waals surface area contributed by atoms with E-state index in [4.69, 9.17) is 0 Å². The minimum absolute atomic E-state index is 0.355. The highest BCUT2D eigenvalue weighted by molar-refractivity contribution is 5.66. The molecule has 1 heteroatoms. The highest BCUT2D eigenvalue weighted by atomic mass is 15.0. The molecule has 0 spiro atoms. The first-order chi connectivity index (χ1) is 9.77. The third-order valence-electron chi connectivity index (χ3n) is 3.96. The molecule has 20 heavy (non-hydrogen) atoms. The molecule has 1 aromatic heterocycles. The van der Waals surface area contributed by atoms with E-state index >= 15 is 0 Å². The summed E-state index contributed by atoms with van der Waals surface area (Å²) < 4.78 is 2.34. The number of rotatable bonds is 3. The van der Waals surface area contributed by atoms with Gasteiger partial charge in [-0.2, -0.15) is 0 Å². The van der Waals surface area contributed by atoms with Gasteiger partial charge in [0.2, 0.25) is 0 Å². The van der Waals surface area contributed by atoms with Crippen LogP contribution in [0.3, 0.4) is 0 Å². The molecule has 0 unspecified atom stereocenters. The van der Waals surface area contributed by atoms with Crippen LogP contribution in [0.1, 0.15) is 24.2 Å². The Morgan fingerprint density at radius 3 is 2.05 bits per heavy atom. The van der Waals surface area contributed by atoms with Crippen LogP contribution in [0.25, 0.3) is 11.1 Å². The summed E-state index contributed by atoms with van der Waals surface area (Å²) in [6.07, 6.45) is 2.19. The fourth-order valence-corrected chi connectivity index (χ4v) is 2.76. The molecule has 0 radical (unpaired) electrons. The molecule has 0 aliphatic heterocycles. The average Bonchev–Trinajstić information content (AvgIpc) is 2.90. The molecule has 1 heterocycles. The second-order valence-corrected chi connectivity index (χ2v) is 5.17. The Morgan fingerprint density at radius 1 is 0.800 bits per heavy atom.